The molecule has 0 fully saturated rings. The molecule has 0 spiro atoms. The van der Waals surface area contributed by atoms with Gasteiger partial charge in [-0.3, -0.25) is 0 Å². The van der Waals surface area contributed by atoms with Crippen LogP contribution in [0.3, 0.4) is 0 Å². The molecule has 1 unspecified atom stereocenters. The van der Waals surface area contributed by atoms with Gasteiger partial charge in [-0.25, -0.2) is 0 Å². The lowest BCUT2D eigenvalue weighted by Gasteiger charge is -2.39. The summed E-state index contributed by atoms with van der Waals surface area (Å²) in [5.74, 6) is -16.5. The van der Waals surface area contributed by atoms with Gasteiger partial charge in [-0.1, -0.05) is 6.92 Å². The molecule has 0 amide bonds. The Morgan fingerprint density at radius 1 is 0.609 bits per heavy atom. The normalized spacial score (nSPS) is 17.3. The first-order valence-corrected chi connectivity index (χ1v) is 5.58. The molecule has 0 aromatic carbocycles. The van der Waals surface area contributed by atoms with Crippen molar-refractivity contribution in [2.45, 2.75) is 50.6 Å². The lowest BCUT2D eigenvalue weighted by atomic mass is 9.77. The van der Waals surface area contributed by atoms with Crippen molar-refractivity contribution >= 4 is 0 Å². The Balaban J connectivity index is 5.83. The molecule has 140 valence electrons. The molecule has 0 N–H and O–H groups in total. The summed E-state index contributed by atoms with van der Waals surface area (Å²) in [5.41, 5.74) is -4.88. The minimum absolute atomic E-state index is 0.241. The fraction of sp³-hybridized carbons (Fsp3) is 1.00. The number of hydrogen-bond acceptors (Lipinski definition) is 0. The average molecular weight is 376 g/mol. The third kappa shape index (κ3) is 3.62. The molecule has 0 aliphatic heterocycles. The third-order valence-corrected chi connectivity index (χ3v) is 3.36. The Morgan fingerprint density at radius 3 is 1.13 bits per heavy atom. The van der Waals surface area contributed by atoms with Crippen molar-refractivity contribution in [2.24, 2.45) is 11.3 Å². The van der Waals surface area contributed by atoms with Gasteiger partial charge in [-0.15, -0.1) is 0 Å². The van der Waals surface area contributed by atoms with Gasteiger partial charge in [0.05, 0.1) is 0 Å². The van der Waals surface area contributed by atoms with E-state index in [4.69, 9.17) is 0 Å². The molecular weight excluding hydrogens is 367 g/mol. The predicted octanol–water partition coefficient (Wildman–Crippen LogP) is 5.98. The Morgan fingerprint density at radius 2 is 0.913 bits per heavy atom. The highest BCUT2D eigenvalue weighted by Gasteiger charge is 2.76. The van der Waals surface area contributed by atoms with Gasteiger partial charge in [0.25, 0.3) is 0 Å². The maximum atomic E-state index is 13.2. The molecule has 13 heteroatoms. The van der Waals surface area contributed by atoms with E-state index < -0.39 is 55.1 Å². The maximum absolute atomic E-state index is 13.2. The van der Waals surface area contributed by atoms with Gasteiger partial charge in [0.1, 0.15) is 0 Å². The molecule has 0 radical (unpaired) electrons. The van der Waals surface area contributed by atoms with Crippen LogP contribution in [-0.2, 0) is 0 Å². The fourth-order valence-electron chi connectivity index (χ4n) is 1.63. The highest BCUT2D eigenvalue weighted by atomic mass is 19.4. The zero-order valence-electron chi connectivity index (χ0n) is 11.2. The first-order valence-electron chi connectivity index (χ1n) is 5.58. The fourth-order valence-corrected chi connectivity index (χ4v) is 1.63. The summed E-state index contributed by atoms with van der Waals surface area (Å²) < 4.78 is 163. The van der Waals surface area contributed by atoms with Gasteiger partial charge < -0.3 is 0 Å². The molecule has 0 bridgehead atoms. The molecule has 0 aromatic heterocycles. The Bertz CT molecular complexity index is 396. The topological polar surface area (TPSA) is 0 Å². The van der Waals surface area contributed by atoms with E-state index in [0.717, 1.165) is 0 Å². The standard InChI is InChI=1S/C10H9F13/c1-4(6(11,12)7(13,14)10(21,22)23)3-5(2,8(15,16)17)9(18,19)20/h4H,3H2,1-2H3. The van der Waals surface area contributed by atoms with E-state index in [-0.39, 0.29) is 6.92 Å². The van der Waals surface area contributed by atoms with E-state index in [9.17, 15) is 57.1 Å². The minimum atomic E-state index is -6.85. The zero-order chi connectivity index (χ0) is 19.3. The lowest BCUT2D eigenvalue weighted by Crippen LogP contribution is -2.57. The van der Waals surface area contributed by atoms with Gasteiger partial charge in [0, 0.05) is 5.92 Å². The summed E-state index contributed by atoms with van der Waals surface area (Å²) in [6.45, 7) is -0.833. The molecule has 1 atom stereocenters. The summed E-state index contributed by atoms with van der Waals surface area (Å²) in [6.07, 6.45) is -21.9. The van der Waals surface area contributed by atoms with Crippen molar-refractivity contribution in [3.8, 4) is 0 Å². The summed E-state index contributed by atoms with van der Waals surface area (Å²) in [7, 11) is 0. The Hall–Kier alpha value is -0.910. The molecule has 0 saturated carbocycles. The van der Waals surface area contributed by atoms with Crippen LogP contribution in [-0.4, -0.2) is 30.4 Å². The second-order valence-electron chi connectivity index (χ2n) is 5.13. The van der Waals surface area contributed by atoms with Crippen LogP contribution in [0.25, 0.3) is 0 Å². The first kappa shape index (κ1) is 22.1. The summed E-state index contributed by atoms with van der Waals surface area (Å²) >= 11 is 0. The van der Waals surface area contributed by atoms with Gasteiger partial charge in [-0.2, -0.15) is 57.1 Å². The maximum Gasteiger partial charge on any atom is 0.459 e. The third-order valence-electron chi connectivity index (χ3n) is 3.36. The summed E-state index contributed by atoms with van der Waals surface area (Å²) in [4.78, 5) is 0. The van der Waals surface area contributed by atoms with E-state index in [0.29, 0.717) is 0 Å². The smallest absolute Gasteiger partial charge is 0.199 e. The van der Waals surface area contributed by atoms with Crippen LogP contribution >= 0.6 is 0 Å². The molecule has 23 heavy (non-hydrogen) atoms. The van der Waals surface area contributed by atoms with Gasteiger partial charge in [-0.05, 0) is 13.3 Å². The summed E-state index contributed by atoms with van der Waals surface area (Å²) in [6, 6.07) is 0. The highest BCUT2D eigenvalue weighted by Crippen LogP contribution is 2.58. The second kappa shape index (κ2) is 5.57. The number of rotatable bonds is 4. The van der Waals surface area contributed by atoms with E-state index in [1.54, 1.807) is 0 Å². The molecule has 0 rings (SSSR count). The van der Waals surface area contributed by atoms with Gasteiger partial charge in [0.15, 0.2) is 5.41 Å². The Kier molecular flexibility index (Phi) is 5.35. The quantitative estimate of drug-likeness (QED) is 0.530. The molecule has 0 aromatic rings. The van der Waals surface area contributed by atoms with Gasteiger partial charge >= 0.3 is 30.4 Å². The molecule has 0 nitrogen and oxygen atoms in total. The van der Waals surface area contributed by atoms with Crippen LogP contribution in [0.15, 0.2) is 0 Å². The van der Waals surface area contributed by atoms with Crippen LogP contribution in [0.5, 0.6) is 0 Å². The average Bonchev–Trinajstić information content (AvgIpc) is 2.23. The van der Waals surface area contributed by atoms with E-state index in [1.165, 1.54) is 0 Å². The minimum Gasteiger partial charge on any atom is -0.199 e. The van der Waals surface area contributed by atoms with Crippen molar-refractivity contribution in [3.63, 3.8) is 0 Å². The van der Waals surface area contributed by atoms with E-state index in [2.05, 4.69) is 0 Å². The van der Waals surface area contributed by atoms with Crippen LogP contribution < -0.4 is 0 Å². The predicted molar refractivity (Wildman–Crippen MR) is 49.9 cm³/mol. The monoisotopic (exact) mass is 376 g/mol. The van der Waals surface area contributed by atoms with Crippen molar-refractivity contribution < 1.29 is 57.1 Å². The lowest BCUT2D eigenvalue weighted by molar-refractivity contribution is -0.377. The molecule has 0 heterocycles. The van der Waals surface area contributed by atoms with E-state index in [1.807, 2.05) is 0 Å². The summed E-state index contributed by atoms with van der Waals surface area (Å²) in [5, 5.41) is 0. The van der Waals surface area contributed by atoms with E-state index >= 15 is 0 Å². The molecule has 0 aliphatic carbocycles. The molecule has 0 saturated heterocycles. The zero-order valence-corrected chi connectivity index (χ0v) is 11.2. The van der Waals surface area contributed by atoms with Crippen LogP contribution in [0.2, 0.25) is 0 Å². The van der Waals surface area contributed by atoms with Crippen molar-refractivity contribution in [1.29, 1.82) is 0 Å². The van der Waals surface area contributed by atoms with Gasteiger partial charge in [0.2, 0.25) is 0 Å². The first-order chi connectivity index (χ1) is 9.63. The molecular formula is C10H9F13. The second-order valence-corrected chi connectivity index (χ2v) is 5.13. The SMILES string of the molecule is CC(CC(C)(C(F)(F)F)C(F)(F)F)C(F)(F)C(F)(F)C(F)(F)F. The molecule has 0 aliphatic rings. The van der Waals surface area contributed by atoms with Crippen molar-refractivity contribution in [3.05, 3.63) is 0 Å². The van der Waals surface area contributed by atoms with Crippen LogP contribution in [0, 0.1) is 11.3 Å². The number of alkyl halides is 13. The van der Waals surface area contributed by atoms with Crippen LogP contribution in [0.1, 0.15) is 20.3 Å². The van der Waals surface area contributed by atoms with Crippen molar-refractivity contribution in [1.82, 2.24) is 0 Å². The van der Waals surface area contributed by atoms with Crippen LogP contribution in [0.4, 0.5) is 57.1 Å². The number of halogens is 13. The Labute approximate surface area is 120 Å². The van der Waals surface area contributed by atoms with Crippen molar-refractivity contribution in [2.75, 3.05) is 0 Å². The number of hydrogen-bond donors (Lipinski definition) is 0. The largest absolute Gasteiger partial charge is 0.459 e. The highest BCUT2D eigenvalue weighted by molar-refractivity contribution is 4.99.